The lowest BCUT2D eigenvalue weighted by Gasteiger charge is -2.15. The highest BCUT2D eigenvalue weighted by Crippen LogP contribution is 2.21. The number of halogens is 1. The number of hydrazone groups is 1. The molecule has 0 fully saturated rings. The molecule has 0 radical (unpaired) electrons. The van der Waals surface area contributed by atoms with Gasteiger partial charge in [0.25, 0.3) is 0 Å². The highest BCUT2D eigenvalue weighted by molar-refractivity contribution is 8.14. The molecule has 0 unspecified atom stereocenters. The van der Waals surface area contributed by atoms with Crippen molar-refractivity contribution in [1.29, 1.82) is 0 Å². The van der Waals surface area contributed by atoms with E-state index >= 15 is 0 Å². The van der Waals surface area contributed by atoms with Gasteiger partial charge in [0.1, 0.15) is 5.76 Å². The minimum atomic E-state index is 0. The molecule has 142 valence electrons. The number of hydrogen-bond acceptors (Lipinski definition) is 5. The molecule has 3 heterocycles. The van der Waals surface area contributed by atoms with Gasteiger partial charge in [0.15, 0.2) is 5.17 Å². The molecule has 2 aromatic heterocycles. The minimum Gasteiger partial charge on any atom is -1.00 e. The fourth-order valence-corrected chi connectivity index (χ4v) is 3.61. The molecule has 0 saturated heterocycles. The number of aromatic nitrogens is 1. The van der Waals surface area contributed by atoms with Crippen molar-refractivity contribution in [3.05, 3.63) is 47.2 Å². The Bertz CT molecular complexity index is 769. The molecule has 0 bridgehead atoms. The molecular formula is C18H24ClN4O2S-. The van der Waals surface area contributed by atoms with Gasteiger partial charge in [0.2, 0.25) is 0 Å². The van der Waals surface area contributed by atoms with E-state index in [0.717, 1.165) is 48.5 Å². The number of ether oxygens (including phenoxy) is 1. The van der Waals surface area contributed by atoms with Crippen molar-refractivity contribution in [2.75, 3.05) is 26.0 Å². The Balaban J connectivity index is 0.00000243. The molecule has 0 atom stereocenters. The molecule has 26 heavy (non-hydrogen) atoms. The van der Waals surface area contributed by atoms with Crippen LogP contribution in [0.15, 0.2) is 39.0 Å². The van der Waals surface area contributed by atoms with Gasteiger partial charge in [-0.05, 0) is 38.5 Å². The fraction of sp³-hybridized carbons (Fsp3) is 0.444. The van der Waals surface area contributed by atoms with Crippen LogP contribution in [-0.4, -0.2) is 41.5 Å². The maximum Gasteiger partial charge on any atom is 0.177 e. The normalized spacial score (nSPS) is 15.5. The van der Waals surface area contributed by atoms with E-state index in [1.54, 1.807) is 25.1 Å². The summed E-state index contributed by atoms with van der Waals surface area (Å²) in [6.07, 6.45) is 2.64. The van der Waals surface area contributed by atoms with E-state index in [4.69, 9.17) is 9.15 Å². The largest absolute Gasteiger partial charge is 1.00 e. The van der Waals surface area contributed by atoms with Crippen LogP contribution in [-0.2, 0) is 11.3 Å². The first-order valence-corrected chi connectivity index (χ1v) is 9.36. The molecule has 6 nitrogen and oxygen atoms in total. The van der Waals surface area contributed by atoms with Crippen LogP contribution in [0.25, 0.3) is 0 Å². The lowest BCUT2D eigenvalue weighted by Crippen LogP contribution is -3.00. The molecule has 8 heteroatoms. The summed E-state index contributed by atoms with van der Waals surface area (Å²) in [5.41, 5.74) is 7.72. The van der Waals surface area contributed by atoms with Crippen molar-refractivity contribution in [1.82, 2.24) is 9.99 Å². The van der Waals surface area contributed by atoms with Crippen molar-refractivity contribution < 1.29 is 21.6 Å². The highest BCUT2D eigenvalue weighted by Gasteiger charge is 2.18. The third-order valence-corrected chi connectivity index (χ3v) is 5.08. The van der Waals surface area contributed by atoms with Gasteiger partial charge in [0, 0.05) is 43.0 Å². The topological polar surface area (TPSA) is 64.0 Å². The van der Waals surface area contributed by atoms with E-state index in [1.165, 1.54) is 17.0 Å². The van der Waals surface area contributed by atoms with Crippen LogP contribution in [0, 0.1) is 13.8 Å². The number of nitrogens with zero attached hydrogens (tertiary/aromatic N) is 3. The molecule has 2 aromatic rings. The van der Waals surface area contributed by atoms with Crippen molar-refractivity contribution in [3.8, 4) is 0 Å². The number of furan rings is 1. The van der Waals surface area contributed by atoms with Crippen molar-refractivity contribution in [2.45, 2.75) is 26.8 Å². The van der Waals surface area contributed by atoms with Crippen molar-refractivity contribution >= 4 is 22.6 Å². The maximum absolute atomic E-state index is 5.48. The van der Waals surface area contributed by atoms with Crippen LogP contribution in [0.1, 0.15) is 29.1 Å². The first-order valence-electron chi connectivity index (χ1n) is 8.37. The van der Waals surface area contributed by atoms with E-state index in [0.29, 0.717) is 0 Å². The fourth-order valence-electron chi connectivity index (χ4n) is 2.82. The zero-order valence-electron chi connectivity index (χ0n) is 15.3. The number of aliphatic imine (C=N–C) groups is 1. The van der Waals surface area contributed by atoms with E-state index < -0.39 is 0 Å². The summed E-state index contributed by atoms with van der Waals surface area (Å²) < 4.78 is 12.8. The third-order valence-electron chi connectivity index (χ3n) is 4.17. The Morgan fingerprint density at radius 2 is 2.27 bits per heavy atom. The minimum absolute atomic E-state index is 0. The molecule has 1 aliphatic rings. The Morgan fingerprint density at radius 1 is 1.42 bits per heavy atom. The summed E-state index contributed by atoms with van der Waals surface area (Å²) in [7, 11) is 1.71. The van der Waals surface area contributed by atoms with Crippen molar-refractivity contribution in [2.24, 2.45) is 10.1 Å². The molecule has 0 spiro atoms. The number of methoxy groups -OCH3 is 1. The summed E-state index contributed by atoms with van der Waals surface area (Å²) in [6, 6.07) is 6.12. The number of thioether (sulfide) groups is 1. The van der Waals surface area contributed by atoms with Gasteiger partial charge >= 0.3 is 0 Å². The summed E-state index contributed by atoms with van der Waals surface area (Å²) in [5, 5.41) is 5.42. The van der Waals surface area contributed by atoms with Crippen LogP contribution in [0.5, 0.6) is 0 Å². The first-order chi connectivity index (χ1) is 12.2. The standard InChI is InChI=1S/C18H24N4O2S.ClH/c1-13-10-16(14(2)22(13)11-15-6-4-9-24-15)17-12-25-18(21-20-17)19-7-5-8-23-3;/h4,6,9-10H,5,7-8,11-12H2,1-3H3,(H,19,21);1H/p-1. The summed E-state index contributed by atoms with van der Waals surface area (Å²) in [4.78, 5) is 4.51. The second-order valence-electron chi connectivity index (χ2n) is 5.94. The second-order valence-corrected chi connectivity index (χ2v) is 6.91. The molecule has 1 aliphatic heterocycles. The summed E-state index contributed by atoms with van der Waals surface area (Å²) in [5.74, 6) is 1.78. The van der Waals surface area contributed by atoms with Gasteiger partial charge in [-0.15, -0.1) is 0 Å². The lowest BCUT2D eigenvalue weighted by molar-refractivity contribution is -0.00000618. The molecular weight excluding hydrogens is 372 g/mol. The number of hydrogen-bond donors (Lipinski definition) is 1. The Labute approximate surface area is 164 Å². The maximum atomic E-state index is 5.48. The molecule has 1 N–H and O–H groups in total. The van der Waals surface area contributed by atoms with Gasteiger partial charge in [-0.3, -0.25) is 10.4 Å². The monoisotopic (exact) mass is 395 g/mol. The third kappa shape index (κ3) is 4.93. The van der Waals surface area contributed by atoms with Crippen LogP contribution < -0.4 is 17.8 Å². The molecule has 3 rings (SSSR count). The molecule has 0 aromatic carbocycles. The van der Waals surface area contributed by atoms with Crippen molar-refractivity contribution in [3.63, 3.8) is 0 Å². The van der Waals surface area contributed by atoms with Gasteiger partial charge < -0.3 is 26.1 Å². The predicted octanol–water partition coefficient (Wildman–Crippen LogP) is 0.183. The van der Waals surface area contributed by atoms with Gasteiger partial charge in [-0.2, -0.15) is 5.10 Å². The zero-order valence-corrected chi connectivity index (χ0v) is 16.9. The molecule has 0 amide bonds. The first kappa shape index (κ1) is 20.6. The smallest absolute Gasteiger partial charge is 0.177 e. The van der Waals surface area contributed by atoms with Gasteiger partial charge in [-0.25, -0.2) is 0 Å². The average molecular weight is 396 g/mol. The Kier molecular flexibility index (Phi) is 7.81. The Morgan fingerprint density at radius 3 is 2.92 bits per heavy atom. The number of rotatable bonds is 7. The average Bonchev–Trinajstić information content (AvgIpc) is 3.23. The Hall–Kier alpha value is -1.70. The number of nitrogens with one attached hydrogen (secondary N) is 1. The van der Waals surface area contributed by atoms with Gasteiger partial charge in [-0.1, -0.05) is 11.8 Å². The summed E-state index contributed by atoms with van der Waals surface area (Å²) >= 11 is 1.69. The van der Waals surface area contributed by atoms with E-state index in [1.807, 2.05) is 12.1 Å². The lowest BCUT2D eigenvalue weighted by atomic mass is 10.1. The van der Waals surface area contributed by atoms with E-state index in [2.05, 4.69) is 40.0 Å². The van der Waals surface area contributed by atoms with Crippen LogP contribution in [0.3, 0.4) is 0 Å². The van der Waals surface area contributed by atoms with Crippen LogP contribution in [0.2, 0.25) is 0 Å². The number of aryl methyl sites for hydroxylation is 1. The zero-order chi connectivity index (χ0) is 17.6. The summed E-state index contributed by atoms with van der Waals surface area (Å²) in [6.45, 7) is 6.48. The SMILES string of the molecule is COCCCN=C1NN=C(c2cc(C)n(Cc3ccco3)c2C)CS1.[Cl-]. The molecule has 0 aliphatic carbocycles. The second kappa shape index (κ2) is 9.85. The van der Waals surface area contributed by atoms with Crippen LogP contribution >= 0.6 is 11.8 Å². The predicted molar refractivity (Wildman–Crippen MR) is 103 cm³/mol. The van der Waals surface area contributed by atoms with E-state index in [9.17, 15) is 0 Å². The van der Waals surface area contributed by atoms with Gasteiger partial charge in [0.05, 0.1) is 18.5 Å². The number of amidine groups is 1. The van der Waals surface area contributed by atoms with E-state index in [-0.39, 0.29) is 12.4 Å². The quantitative estimate of drug-likeness (QED) is 0.679. The molecule has 0 saturated carbocycles. The highest BCUT2D eigenvalue weighted by atomic mass is 35.5. The van der Waals surface area contributed by atoms with Crippen LogP contribution in [0.4, 0.5) is 0 Å².